The summed E-state index contributed by atoms with van der Waals surface area (Å²) in [6, 6.07) is 24.0. The summed E-state index contributed by atoms with van der Waals surface area (Å²) in [7, 11) is 0. The van der Waals surface area contributed by atoms with Crippen LogP contribution in [0.1, 0.15) is 136 Å². The largest absolute Gasteiger partial charge is 0.0776 e. The predicted molar refractivity (Wildman–Crippen MR) is 162 cm³/mol. The van der Waals surface area contributed by atoms with E-state index in [1.807, 2.05) is 72.8 Å². The summed E-state index contributed by atoms with van der Waals surface area (Å²) in [4.78, 5) is 0. The van der Waals surface area contributed by atoms with Crippen molar-refractivity contribution >= 4 is 0 Å². The average molecular weight is 453 g/mol. The van der Waals surface area contributed by atoms with Crippen molar-refractivity contribution in [3.63, 3.8) is 0 Å². The minimum absolute atomic E-state index is 0. The number of benzene rings is 2. The van der Waals surface area contributed by atoms with Crippen molar-refractivity contribution < 1.29 is 0 Å². The third kappa shape index (κ3) is 42.5. The third-order valence-electron chi connectivity index (χ3n) is 4.33. The van der Waals surface area contributed by atoms with E-state index >= 15 is 0 Å². The van der Waals surface area contributed by atoms with E-state index in [0.717, 1.165) is 0 Å². The van der Waals surface area contributed by atoms with Crippen molar-refractivity contribution in [2.45, 2.75) is 136 Å². The van der Waals surface area contributed by atoms with E-state index in [2.05, 4.69) is 0 Å². The van der Waals surface area contributed by atoms with Crippen molar-refractivity contribution in [1.82, 2.24) is 0 Å². The number of hydrogen-bond acceptors (Lipinski definition) is 0. The van der Waals surface area contributed by atoms with E-state index < -0.39 is 0 Å². The van der Waals surface area contributed by atoms with Gasteiger partial charge in [0.1, 0.15) is 0 Å². The Morgan fingerprint density at radius 1 is 0.156 bits per heavy atom. The van der Waals surface area contributed by atoms with Crippen LogP contribution in [0, 0.1) is 0 Å². The second-order valence-corrected chi connectivity index (χ2v) is 6.55. The van der Waals surface area contributed by atoms with Gasteiger partial charge in [-0.3, -0.25) is 0 Å². The molecular weight excluding hydrogens is 384 g/mol. The predicted octanol–water partition coefficient (Wildman–Crippen LogP) is 13.1. The molecule has 2 aromatic rings. The lowest BCUT2D eigenvalue weighted by molar-refractivity contribution is 0.504. The van der Waals surface area contributed by atoms with Crippen LogP contribution in [0.3, 0.4) is 0 Å². The van der Waals surface area contributed by atoms with E-state index in [-0.39, 0.29) is 59.4 Å². The van der Waals surface area contributed by atoms with Crippen molar-refractivity contribution in [2.24, 2.45) is 0 Å². The summed E-state index contributed by atoms with van der Waals surface area (Å²) >= 11 is 0. The first-order chi connectivity index (χ1) is 12.0. The molecule has 2 aromatic carbocycles. The fourth-order valence-corrected chi connectivity index (χ4v) is 2.89. The summed E-state index contributed by atoms with van der Waals surface area (Å²) in [5.41, 5.74) is 0. The zero-order valence-corrected chi connectivity index (χ0v) is 15.4. The maximum absolute atomic E-state index is 2.00. The van der Waals surface area contributed by atoms with Gasteiger partial charge in [-0.05, 0) is 0 Å². The molecule has 0 heterocycles. The van der Waals surface area contributed by atoms with Crippen LogP contribution in [-0.4, -0.2) is 0 Å². The summed E-state index contributed by atoms with van der Waals surface area (Å²) in [5, 5.41) is 0. The highest BCUT2D eigenvalue weighted by molar-refractivity contribution is 4.99. The molecule has 32 heavy (non-hydrogen) atoms. The maximum atomic E-state index is 2.00. The van der Waals surface area contributed by atoms with Crippen molar-refractivity contribution in [1.29, 1.82) is 0 Å². The van der Waals surface area contributed by atoms with Crippen LogP contribution < -0.4 is 0 Å². The molecule has 0 heteroatoms. The first-order valence-corrected chi connectivity index (χ1v) is 10.00. The van der Waals surface area contributed by atoms with Crippen LogP contribution in [0.2, 0.25) is 0 Å². The van der Waals surface area contributed by atoms with Gasteiger partial charge >= 0.3 is 0 Å². The van der Waals surface area contributed by atoms with Gasteiger partial charge < -0.3 is 0 Å². The van der Waals surface area contributed by atoms with E-state index in [0.29, 0.717) is 0 Å². The van der Waals surface area contributed by atoms with Gasteiger partial charge in [0.15, 0.2) is 0 Å². The molecule has 196 valence electrons. The standard InChI is InChI=1S/2C6H12.2C6H6.8CH4/c4*1-2-4-6-5-3-1;;;;;;;;/h2*1-6H2;2*1-6H;8*1H4. The smallest absolute Gasteiger partial charge is 0.0533 e. The lowest BCUT2D eigenvalue weighted by Crippen LogP contribution is -1.85. The SMILES string of the molecule is C.C.C.C.C.C.C.C.C1CCCCC1.C1CCCCC1.c1ccccc1.c1ccccc1. The van der Waals surface area contributed by atoms with Crippen molar-refractivity contribution in [3.05, 3.63) is 72.8 Å². The molecule has 0 unspecified atom stereocenters. The molecule has 0 saturated heterocycles. The van der Waals surface area contributed by atoms with Gasteiger partial charge in [0.2, 0.25) is 0 Å². The van der Waals surface area contributed by atoms with Gasteiger partial charge in [0.25, 0.3) is 0 Å². The fourth-order valence-electron chi connectivity index (χ4n) is 2.89. The molecule has 2 fully saturated rings. The van der Waals surface area contributed by atoms with Crippen molar-refractivity contribution in [3.8, 4) is 0 Å². The molecule has 0 aliphatic heterocycles. The lowest BCUT2D eigenvalue weighted by Gasteiger charge is -2.05. The van der Waals surface area contributed by atoms with E-state index in [1.54, 1.807) is 0 Å². The summed E-state index contributed by atoms with van der Waals surface area (Å²) in [6.45, 7) is 0. The molecule has 2 aliphatic rings. The highest BCUT2D eigenvalue weighted by Gasteiger charge is 1.96. The van der Waals surface area contributed by atoms with Gasteiger partial charge in [0.05, 0.1) is 0 Å². The van der Waals surface area contributed by atoms with Crippen molar-refractivity contribution in [2.75, 3.05) is 0 Å². The minimum atomic E-state index is 0. The monoisotopic (exact) mass is 453 g/mol. The van der Waals surface area contributed by atoms with Crippen LogP contribution in [0.15, 0.2) is 72.8 Å². The Morgan fingerprint density at radius 2 is 0.219 bits per heavy atom. The molecule has 0 nitrogen and oxygen atoms in total. The van der Waals surface area contributed by atoms with E-state index in [4.69, 9.17) is 0 Å². The molecule has 0 amide bonds. The Hall–Kier alpha value is -1.56. The van der Waals surface area contributed by atoms with Gasteiger partial charge in [-0.2, -0.15) is 0 Å². The molecule has 4 rings (SSSR count). The van der Waals surface area contributed by atoms with Gasteiger partial charge in [-0.25, -0.2) is 0 Å². The molecule has 0 aromatic heterocycles. The molecule has 0 spiro atoms. The van der Waals surface area contributed by atoms with Gasteiger partial charge in [-0.15, -0.1) is 0 Å². The number of hydrogen-bond donors (Lipinski definition) is 0. The highest BCUT2D eigenvalue weighted by Crippen LogP contribution is 2.15. The highest BCUT2D eigenvalue weighted by atomic mass is 14.0. The second-order valence-electron chi connectivity index (χ2n) is 6.55. The molecule has 0 radical (unpaired) electrons. The van der Waals surface area contributed by atoms with Crippen LogP contribution in [-0.2, 0) is 0 Å². The van der Waals surface area contributed by atoms with Crippen LogP contribution in [0.25, 0.3) is 0 Å². The van der Waals surface area contributed by atoms with Crippen LogP contribution >= 0.6 is 0 Å². The topological polar surface area (TPSA) is 0 Å². The van der Waals surface area contributed by atoms with E-state index in [9.17, 15) is 0 Å². The van der Waals surface area contributed by atoms with Gasteiger partial charge in [0, 0.05) is 0 Å². The Labute approximate surface area is 209 Å². The zero-order chi connectivity index (χ0) is 17.0. The molecule has 0 bridgehead atoms. The molecule has 0 N–H and O–H groups in total. The third-order valence-corrected chi connectivity index (χ3v) is 4.33. The first kappa shape index (κ1) is 52.4. The molecular formula is C32H68. The quantitative estimate of drug-likeness (QED) is 0.372. The Kier molecular flexibility index (Phi) is 77.4. The Morgan fingerprint density at radius 3 is 0.281 bits per heavy atom. The Bertz CT molecular complexity index is 292. The average Bonchev–Trinajstić information content (AvgIpc) is 2.75. The van der Waals surface area contributed by atoms with E-state index in [1.165, 1.54) is 77.0 Å². The summed E-state index contributed by atoms with van der Waals surface area (Å²) in [5.74, 6) is 0. The second kappa shape index (κ2) is 47.3. The Balaban J connectivity index is -0.0000000369. The minimum Gasteiger partial charge on any atom is -0.0776 e. The molecule has 2 saturated carbocycles. The molecule has 0 atom stereocenters. The number of rotatable bonds is 0. The summed E-state index contributed by atoms with van der Waals surface area (Å²) in [6.07, 6.45) is 18.0. The van der Waals surface area contributed by atoms with Crippen LogP contribution in [0.5, 0.6) is 0 Å². The normalized spacial score (nSPS) is 12.0. The summed E-state index contributed by atoms with van der Waals surface area (Å²) < 4.78 is 0. The molecule has 2 aliphatic carbocycles. The maximum Gasteiger partial charge on any atom is -0.0533 e. The first-order valence-electron chi connectivity index (χ1n) is 10.00. The fraction of sp³-hybridized carbons (Fsp3) is 0.625. The van der Waals surface area contributed by atoms with Gasteiger partial charge in [-0.1, -0.05) is 209 Å². The van der Waals surface area contributed by atoms with Crippen LogP contribution in [0.4, 0.5) is 0 Å². The zero-order valence-electron chi connectivity index (χ0n) is 15.4. The lowest BCUT2D eigenvalue weighted by atomic mass is 10.0.